The molecule has 0 saturated heterocycles. The molecular formula is C23H28O4. The number of hydrogen-bond donors (Lipinski definition) is 0. The lowest BCUT2D eigenvalue weighted by Crippen LogP contribution is -2.41. The Morgan fingerprint density at radius 1 is 0.852 bits per heavy atom. The summed E-state index contributed by atoms with van der Waals surface area (Å²) < 4.78 is 23.8. The van der Waals surface area contributed by atoms with Gasteiger partial charge in [-0.2, -0.15) is 0 Å². The molecule has 0 radical (unpaired) electrons. The van der Waals surface area contributed by atoms with Gasteiger partial charge in [-0.05, 0) is 31.1 Å². The summed E-state index contributed by atoms with van der Waals surface area (Å²) in [4.78, 5) is 0. The van der Waals surface area contributed by atoms with Gasteiger partial charge < -0.3 is 18.9 Å². The maximum absolute atomic E-state index is 6.09. The molecule has 2 aromatic rings. The van der Waals surface area contributed by atoms with Gasteiger partial charge in [0.1, 0.15) is 12.2 Å². The van der Waals surface area contributed by atoms with Crippen LogP contribution < -0.4 is 0 Å². The van der Waals surface area contributed by atoms with Crippen LogP contribution in [0, 0.1) is 0 Å². The predicted molar refractivity (Wildman–Crippen MR) is 105 cm³/mol. The molecular weight excluding hydrogens is 340 g/mol. The number of rotatable bonds is 9. The fourth-order valence-electron chi connectivity index (χ4n) is 2.90. The Balaban J connectivity index is 1.57. The van der Waals surface area contributed by atoms with Crippen molar-refractivity contribution in [2.75, 3.05) is 6.61 Å². The number of benzene rings is 2. The van der Waals surface area contributed by atoms with Crippen molar-refractivity contribution in [2.24, 2.45) is 0 Å². The third-order valence-electron chi connectivity index (χ3n) is 4.22. The Hall–Kier alpha value is -1.98. The van der Waals surface area contributed by atoms with Crippen molar-refractivity contribution in [2.45, 2.75) is 51.7 Å². The van der Waals surface area contributed by atoms with E-state index >= 15 is 0 Å². The van der Waals surface area contributed by atoms with Gasteiger partial charge in [0.2, 0.25) is 0 Å². The molecule has 27 heavy (non-hydrogen) atoms. The van der Waals surface area contributed by atoms with E-state index in [1.807, 2.05) is 62.4 Å². The van der Waals surface area contributed by atoms with Gasteiger partial charge in [0.15, 0.2) is 6.29 Å². The van der Waals surface area contributed by atoms with Gasteiger partial charge in [-0.3, -0.25) is 0 Å². The third kappa shape index (κ3) is 6.60. The van der Waals surface area contributed by atoms with Crippen molar-refractivity contribution in [1.29, 1.82) is 0 Å². The van der Waals surface area contributed by atoms with Crippen molar-refractivity contribution < 1.29 is 18.9 Å². The molecule has 1 aliphatic heterocycles. The molecule has 3 rings (SSSR count). The molecule has 0 bridgehead atoms. The average molecular weight is 368 g/mol. The van der Waals surface area contributed by atoms with Crippen molar-refractivity contribution in [1.82, 2.24) is 0 Å². The molecule has 0 amide bonds. The first-order valence-electron chi connectivity index (χ1n) is 9.47. The van der Waals surface area contributed by atoms with Crippen LogP contribution in [0.1, 0.15) is 25.0 Å². The van der Waals surface area contributed by atoms with E-state index in [9.17, 15) is 0 Å². The van der Waals surface area contributed by atoms with E-state index in [4.69, 9.17) is 18.9 Å². The largest absolute Gasteiger partial charge is 0.374 e. The second-order valence-corrected chi connectivity index (χ2v) is 6.87. The molecule has 144 valence electrons. The minimum atomic E-state index is -0.369. The fourth-order valence-corrected chi connectivity index (χ4v) is 2.90. The molecule has 0 fully saturated rings. The van der Waals surface area contributed by atoms with Gasteiger partial charge in [0, 0.05) is 0 Å². The van der Waals surface area contributed by atoms with Crippen molar-refractivity contribution in [3.05, 3.63) is 83.9 Å². The maximum Gasteiger partial charge on any atom is 0.177 e. The fraction of sp³-hybridized carbons (Fsp3) is 0.391. The molecule has 0 N–H and O–H groups in total. The van der Waals surface area contributed by atoms with E-state index < -0.39 is 0 Å². The highest BCUT2D eigenvalue weighted by Crippen LogP contribution is 2.20. The zero-order valence-corrected chi connectivity index (χ0v) is 16.0. The van der Waals surface area contributed by atoms with Crippen LogP contribution in [0.15, 0.2) is 72.8 Å². The van der Waals surface area contributed by atoms with Gasteiger partial charge in [0.25, 0.3) is 0 Å². The predicted octanol–water partition coefficient (Wildman–Crippen LogP) is 4.49. The van der Waals surface area contributed by atoms with E-state index in [-0.39, 0.29) is 24.6 Å². The lowest BCUT2D eigenvalue weighted by molar-refractivity contribution is -0.205. The third-order valence-corrected chi connectivity index (χ3v) is 4.22. The minimum absolute atomic E-state index is 0.0901. The standard InChI is InChI=1S/C23H28O4/c1-18(2)26-23-14-13-21(25-16-20-11-7-4-8-12-20)22(27-23)17-24-15-19-9-5-3-6-10-19/h3-14,18,21-23H,15-17H2,1-2H3/t21-,22+,23-/m0/s1. The highest BCUT2D eigenvalue weighted by molar-refractivity contribution is 5.14. The van der Waals surface area contributed by atoms with Crippen LogP contribution in [-0.4, -0.2) is 31.2 Å². The second-order valence-electron chi connectivity index (χ2n) is 6.87. The minimum Gasteiger partial charge on any atom is -0.374 e. The van der Waals surface area contributed by atoms with Crippen LogP contribution in [0.3, 0.4) is 0 Å². The molecule has 1 heterocycles. The van der Waals surface area contributed by atoms with Crippen LogP contribution in [0.4, 0.5) is 0 Å². The van der Waals surface area contributed by atoms with Gasteiger partial charge in [-0.25, -0.2) is 0 Å². The van der Waals surface area contributed by atoms with Crippen LogP contribution in [-0.2, 0) is 32.2 Å². The Morgan fingerprint density at radius 2 is 1.48 bits per heavy atom. The molecule has 0 unspecified atom stereocenters. The summed E-state index contributed by atoms with van der Waals surface area (Å²) in [7, 11) is 0. The van der Waals surface area contributed by atoms with Crippen LogP contribution >= 0.6 is 0 Å². The van der Waals surface area contributed by atoms with E-state index in [1.165, 1.54) is 0 Å². The van der Waals surface area contributed by atoms with Gasteiger partial charge >= 0.3 is 0 Å². The topological polar surface area (TPSA) is 36.9 Å². The quantitative estimate of drug-likeness (QED) is 0.611. The smallest absolute Gasteiger partial charge is 0.177 e. The van der Waals surface area contributed by atoms with Crippen LogP contribution in [0.2, 0.25) is 0 Å². The molecule has 0 saturated carbocycles. The van der Waals surface area contributed by atoms with E-state index in [0.29, 0.717) is 19.8 Å². The van der Waals surface area contributed by atoms with E-state index in [1.54, 1.807) is 0 Å². The molecule has 1 aliphatic rings. The number of hydrogen-bond acceptors (Lipinski definition) is 4. The first kappa shape index (κ1) is 19.8. The second kappa shape index (κ2) is 10.4. The molecule has 0 spiro atoms. The van der Waals surface area contributed by atoms with Gasteiger partial charge in [-0.15, -0.1) is 0 Å². The van der Waals surface area contributed by atoms with Gasteiger partial charge in [-0.1, -0.05) is 66.7 Å². The summed E-state index contributed by atoms with van der Waals surface area (Å²) >= 11 is 0. The molecule has 4 nitrogen and oxygen atoms in total. The first-order chi connectivity index (χ1) is 13.2. The summed E-state index contributed by atoms with van der Waals surface area (Å²) in [5.74, 6) is 0. The summed E-state index contributed by atoms with van der Waals surface area (Å²) in [6.45, 7) is 5.51. The number of ether oxygens (including phenoxy) is 4. The van der Waals surface area contributed by atoms with Crippen molar-refractivity contribution >= 4 is 0 Å². The first-order valence-corrected chi connectivity index (χ1v) is 9.47. The van der Waals surface area contributed by atoms with Crippen LogP contribution in [0.25, 0.3) is 0 Å². The Kier molecular flexibility index (Phi) is 7.60. The highest BCUT2D eigenvalue weighted by atomic mass is 16.7. The zero-order valence-electron chi connectivity index (χ0n) is 16.0. The normalized spacial score (nSPS) is 22.3. The van der Waals surface area contributed by atoms with Crippen molar-refractivity contribution in [3.63, 3.8) is 0 Å². The Morgan fingerprint density at radius 3 is 2.11 bits per heavy atom. The highest BCUT2D eigenvalue weighted by Gasteiger charge is 2.29. The van der Waals surface area contributed by atoms with Crippen molar-refractivity contribution in [3.8, 4) is 0 Å². The monoisotopic (exact) mass is 368 g/mol. The Labute approximate surface area is 161 Å². The van der Waals surface area contributed by atoms with E-state index in [2.05, 4.69) is 24.3 Å². The summed E-state index contributed by atoms with van der Waals surface area (Å²) in [6, 6.07) is 20.3. The lowest BCUT2D eigenvalue weighted by atomic mass is 10.1. The summed E-state index contributed by atoms with van der Waals surface area (Å²) in [6.07, 6.45) is 3.28. The average Bonchev–Trinajstić information content (AvgIpc) is 2.68. The maximum atomic E-state index is 6.09. The molecule has 4 heteroatoms. The molecule has 0 aromatic heterocycles. The SMILES string of the molecule is CC(C)O[C@@H]1C=C[C@H](OCc2ccccc2)[C@@H](COCc2ccccc2)O1. The summed E-state index contributed by atoms with van der Waals surface area (Å²) in [5, 5.41) is 0. The molecule has 0 aliphatic carbocycles. The lowest BCUT2D eigenvalue weighted by Gasteiger charge is -2.33. The molecule has 3 atom stereocenters. The van der Waals surface area contributed by atoms with Crippen LogP contribution in [0.5, 0.6) is 0 Å². The molecule has 2 aromatic carbocycles. The summed E-state index contributed by atoms with van der Waals surface area (Å²) in [5.41, 5.74) is 2.27. The zero-order chi connectivity index (χ0) is 18.9. The van der Waals surface area contributed by atoms with Gasteiger partial charge in [0.05, 0.1) is 25.9 Å². The van der Waals surface area contributed by atoms with E-state index in [0.717, 1.165) is 11.1 Å². The Bertz CT molecular complexity index is 684.